The Labute approximate surface area is 76.5 Å². The summed E-state index contributed by atoms with van der Waals surface area (Å²) in [5.41, 5.74) is 2.25. The molecule has 1 aromatic heterocycles. The molecule has 1 heterocycles. The maximum Gasteiger partial charge on any atom is 0.0559 e. The summed E-state index contributed by atoms with van der Waals surface area (Å²) >= 11 is 0. The highest BCUT2D eigenvalue weighted by Crippen LogP contribution is 2.18. The van der Waals surface area contributed by atoms with Gasteiger partial charge in [0, 0.05) is 29.7 Å². The fourth-order valence-corrected chi connectivity index (χ4v) is 1.56. The van der Waals surface area contributed by atoms with Crippen LogP contribution in [0.3, 0.4) is 0 Å². The maximum absolute atomic E-state index is 5.12. The van der Waals surface area contributed by atoms with Gasteiger partial charge in [-0.2, -0.15) is 5.10 Å². The number of fused-ring (bicyclic) bond motifs is 1. The van der Waals surface area contributed by atoms with Crippen molar-refractivity contribution in [1.82, 2.24) is 4.57 Å². The number of hydrazone groups is 1. The third-order valence-electron chi connectivity index (χ3n) is 2.14. The second-order valence-corrected chi connectivity index (χ2v) is 2.99. The third kappa shape index (κ3) is 1.18. The molecule has 0 atom stereocenters. The first-order valence-corrected chi connectivity index (χ1v) is 4.10. The van der Waals surface area contributed by atoms with E-state index in [1.165, 1.54) is 10.9 Å². The zero-order chi connectivity index (χ0) is 9.26. The van der Waals surface area contributed by atoms with Crippen molar-refractivity contribution in [1.29, 1.82) is 0 Å². The van der Waals surface area contributed by atoms with Crippen LogP contribution < -0.4 is 5.84 Å². The molecule has 2 N–H and O–H groups in total. The molecule has 0 saturated carbocycles. The van der Waals surface area contributed by atoms with Crippen LogP contribution in [0.2, 0.25) is 0 Å². The lowest BCUT2D eigenvalue weighted by Gasteiger charge is -1.92. The van der Waals surface area contributed by atoms with Gasteiger partial charge < -0.3 is 10.4 Å². The van der Waals surface area contributed by atoms with Crippen molar-refractivity contribution < 1.29 is 0 Å². The Kier molecular flexibility index (Phi) is 1.77. The summed E-state index contributed by atoms with van der Waals surface area (Å²) < 4.78 is 2.06. The molecule has 1 aromatic carbocycles. The minimum atomic E-state index is 1.06. The normalized spacial score (nSPS) is 11.5. The molecule has 0 fully saturated rings. The van der Waals surface area contributed by atoms with Crippen molar-refractivity contribution in [2.24, 2.45) is 18.0 Å². The molecule has 0 aliphatic rings. The fraction of sp³-hybridized carbons (Fsp3) is 0.100. The van der Waals surface area contributed by atoms with E-state index in [4.69, 9.17) is 5.84 Å². The first-order chi connectivity index (χ1) is 6.33. The third-order valence-corrected chi connectivity index (χ3v) is 2.14. The lowest BCUT2D eigenvalue weighted by molar-refractivity contribution is 0.968. The van der Waals surface area contributed by atoms with E-state index in [1.807, 2.05) is 25.4 Å². The van der Waals surface area contributed by atoms with Crippen molar-refractivity contribution in [3.8, 4) is 0 Å². The molecule has 0 aliphatic heterocycles. The molecule has 3 nitrogen and oxygen atoms in total. The van der Waals surface area contributed by atoms with Crippen LogP contribution in [0.25, 0.3) is 10.9 Å². The number of aryl methyl sites for hydroxylation is 1. The quantitative estimate of drug-likeness (QED) is 0.396. The van der Waals surface area contributed by atoms with Gasteiger partial charge in [0.25, 0.3) is 0 Å². The highest BCUT2D eigenvalue weighted by atomic mass is 15.1. The molecule has 2 rings (SSSR count). The second kappa shape index (κ2) is 2.94. The molecule has 0 aliphatic carbocycles. The van der Waals surface area contributed by atoms with Crippen LogP contribution in [0.4, 0.5) is 0 Å². The van der Waals surface area contributed by atoms with E-state index < -0.39 is 0 Å². The predicted octanol–water partition coefficient (Wildman–Crippen LogP) is 1.47. The maximum atomic E-state index is 5.12. The van der Waals surface area contributed by atoms with Gasteiger partial charge in [-0.1, -0.05) is 18.2 Å². The topological polar surface area (TPSA) is 43.3 Å². The highest BCUT2D eigenvalue weighted by molar-refractivity contribution is 5.99. The number of nitrogens with two attached hydrogens (primary N) is 1. The molecule has 0 amide bonds. The summed E-state index contributed by atoms with van der Waals surface area (Å²) in [4.78, 5) is 0. The Hall–Kier alpha value is -1.77. The largest absolute Gasteiger partial charge is 0.350 e. The van der Waals surface area contributed by atoms with Gasteiger partial charge in [0.2, 0.25) is 0 Å². The van der Waals surface area contributed by atoms with Gasteiger partial charge in [-0.15, -0.1) is 0 Å². The van der Waals surface area contributed by atoms with Crippen LogP contribution in [0, 0.1) is 0 Å². The molecule has 0 spiro atoms. The van der Waals surface area contributed by atoms with Gasteiger partial charge in [0.15, 0.2) is 0 Å². The van der Waals surface area contributed by atoms with Gasteiger partial charge in [0.1, 0.15) is 0 Å². The lowest BCUT2D eigenvalue weighted by atomic mass is 10.2. The molecular weight excluding hydrogens is 162 g/mol. The second-order valence-electron chi connectivity index (χ2n) is 2.99. The standard InChI is InChI=1S/C10H11N3/c1-13-7-8(6-12-11)9-4-2-3-5-10(9)13/h2-7H,11H2,1H3. The molecule has 0 unspecified atom stereocenters. The van der Waals surface area contributed by atoms with Crippen molar-refractivity contribution in [2.75, 3.05) is 0 Å². The van der Waals surface area contributed by atoms with E-state index in [9.17, 15) is 0 Å². The molecule has 0 saturated heterocycles. The smallest absolute Gasteiger partial charge is 0.0559 e. The number of aromatic nitrogens is 1. The molecule has 66 valence electrons. The Bertz CT molecular complexity index is 454. The van der Waals surface area contributed by atoms with Crippen LogP contribution in [0.5, 0.6) is 0 Å². The minimum absolute atomic E-state index is 1.06. The Morgan fingerprint density at radius 2 is 2.15 bits per heavy atom. The van der Waals surface area contributed by atoms with Gasteiger partial charge in [0.05, 0.1) is 6.21 Å². The van der Waals surface area contributed by atoms with Crippen molar-refractivity contribution in [3.63, 3.8) is 0 Å². The van der Waals surface area contributed by atoms with Gasteiger partial charge >= 0.3 is 0 Å². The van der Waals surface area contributed by atoms with E-state index in [0.717, 1.165) is 5.56 Å². The summed E-state index contributed by atoms with van der Waals surface area (Å²) in [7, 11) is 2.01. The average Bonchev–Trinajstić information content (AvgIpc) is 2.46. The van der Waals surface area contributed by atoms with E-state index >= 15 is 0 Å². The summed E-state index contributed by atoms with van der Waals surface area (Å²) in [6.07, 6.45) is 3.68. The predicted molar refractivity (Wildman–Crippen MR) is 54.7 cm³/mol. The molecule has 3 heteroatoms. The van der Waals surface area contributed by atoms with Gasteiger partial charge in [-0.05, 0) is 6.07 Å². The lowest BCUT2D eigenvalue weighted by Crippen LogP contribution is -1.84. The molecule has 2 aromatic rings. The van der Waals surface area contributed by atoms with E-state index in [0.29, 0.717) is 0 Å². The fourth-order valence-electron chi connectivity index (χ4n) is 1.56. The number of nitrogens with zero attached hydrogens (tertiary/aromatic N) is 2. The molecule has 13 heavy (non-hydrogen) atoms. The SMILES string of the molecule is Cn1cc(C=NN)c2ccccc21. The van der Waals surface area contributed by atoms with Gasteiger partial charge in [-0.25, -0.2) is 0 Å². The molecule has 0 bridgehead atoms. The number of hydrogen-bond donors (Lipinski definition) is 1. The minimum Gasteiger partial charge on any atom is -0.350 e. The summed E-state index contributed by atoms with van der Waals surface area (Å²) in [6.45, 7) is 0. The first-order valence-electron chi connectivity index (χ1n) is 4.10. The number of para-hydroxylation sites is 1. The van der Waals surface area contributed by atoms with Crippen molar-refractivity contribution >= 4 is 17.1 Å². The van der Waals surface area contributed by atoms with Crippen LogP contribution in [0.1, 0.15) is 5.56 Å². The van der Waals surface area contributed by atoms with Crippen LogP contribution >= 0.6 is 0 Å². The summed E-state index contributed by atoms with van der Waals surface area (Å²) in [6, 6.07) is 8.16. The molecular formula is C10H11N3. The zero-order valence-electron chi connectivity index (χ0n) is 7.44. The van der Waals surface area contributed by atoms with Gasteiger partial charge in [-0.3, -0.25) is 0 Å². The van der Waals surface area contributed by atoms with Crippen LogP contribution in [-0.2, 0) is 7.05 Å². The number of benzene rings is 1. The summed E-state index contributed by atoms with van der Waals surface area (Å²) in [5.74, 6) is 5.12. The molecule has 0 radical (unpaired) electrons. The van der Waals surface area contributed by atoms with Crippen LogP contribution in [-0.4, -0.2) is 10.8 Å². The van der Waals surface area contributed by atoms with Crippen molar-refractivity contribution in [2.45, 2.75) is 0 Å². The van der Waals surface area contributed by atoms with Crippen LogP contribution in [0.15, 0.2) is 35.6 Å². The average molecular weight is 173 g/mol. The Morgan fingerprint density at radius 3 is 2.92 bits per heavy atom. The van der Waals surface area contributed by atoms with Crippen molar-refractivity contribution in [3.05, 3.63) is 36.0 Å². The summed E-state index contributed by atoms with van der Waals surface area (Å²) in [5, 5.41) is 4.71. The van der Waals surface area contributed by atoms with E-state index in [-0.39, 0.29) is 0 Å². The highest BCUT2D eigenvalue weighted by Gasteiger charge is 2.02. The number of hydrogen-bond acceptors (Lipinski definition) is 2. The monoisotopic (exact) mass is 173 g/mol. The Morgan fingerprint density at radius 1 is 1.38 bits per heavy atom. The first kappa shape index (κ1) is 7.86. The Balaban J connectivity index is 2.77. The van der Waals surface area contributed by atoms with E-state index in [2.05, 4.69) is 21.8 Å². The van der Waals surface area contributed by atoms with E-state index in [1.54, 1.807) is 6.21 Å². The zero-order valence-corrected chi connectivity index (χ0v) is 7.44. The number of rotatable bonds is 1.